The fourth-order valence-electron chi connectivity index (χ4n) is 2.74. The van der Waals surface area contributed by atoms with Gasteiger partial charge >= 0.3 is 0 Å². The number of nitrogens with one attached hydrogen (secondary N) is 1. The topological polar surface area (TPSA) is 42.8 Å². The van der Waals surface area contributed by atoms with Crippen molar-refractivity contribution in [3.05, 3.63) is 52.4 Å². The van der Waals surface area contributed by atoms with Gasteiger partial charge in [-0.2, -0.15) is 0 Å². The SMILES string of the molecule is Cc1ccc2[nH]c(=S)n(C3COc4ccccc43)c2n1. The molecule has 4 rings (SSSR count). The summed E-state index contributed by atoms with van der Waals surface area (Å²) in [6.07, 6.45) is 0. The summed E-state index contributed by atoms with van der Waals surface area (Å²) in [4.78, 5) is 7.85. The lowest BCUT2D eigenvalue weighted by molar-refractivity contribution is 0.317. The molecule has 3 heterocycles. The van der Waals surface area contributed by atoms with E-state index in [2.05, 4.69) is 20.6 Å². The summed E-state index contributed by atoms with van der Waals surface area (Å²) >= 11 is 5.47. The van der Waals surface area contributed by atoms with Gasteiger partial charge in [0.05, 0.1) is 5.52 Å². The molecule has 1 atom stereocenters. The molecule has 0 saturated heterocycles. The van der Waals surface area contributed by atoms with Crippen LogP contribution in [0.1, 0.15) is 17.3 Å². The van der Waals surface area contributed by atoms with E-state index in [-0.39, 0.29) is 6.04 Å². The third kappa shape index (κ3) is 1.59. The van der Waals surface area contributed by atoms with E-state index in [0.717, 1.165) is 28.2 Å². The van der Waals surface area contributed by atoms with Crippen LogP contribution in [-0.4, -0.2) is 21.1 Å². The maximum atomic E-state index is 5.76. The number of ether oxygens (including phenoxy) is 1. The second kappa shape index (κ2) is 4.18. The van der Waals surface area contributed by atoms with Crippen LogP contribution in [0.3, 0.4) is 0 Å². The highest BCUT2D eigenvalue weighted by molar-refractivity contribution is 7.71. The second-order valence-electron chi connectivity index (χ2n) is 4.99. The summed E-state index contributed by atoms with van der Waals surface area (Å²) in [7, 11) is 0. The van der Waals surface area contributed by atoms with Crippen LogP contribution in [0.15, 0.2) is 36.4 Å². The first-order chi connectivity index (χ1) is 9.74. The molecule has 3 aromatic rings. The number of aryl methyl sites for hydroxylation is 1. The first-order valence-corrected chi connectivity index (χ1v) is 6.94. The van der Waals surface area contributed by atoms with E-state index >= 15 is 0 Å². The summed E-state index contributed by atoms with van der Waals surface area (Å²) in [6.45, 7) is 2.58. The number of imidazole rings is 1. The minimum Gasteiger partial charge on any atom is -0.491 e. The van der Waals surface area contributed by atoms with E-state index in [9.17, 15) is 0 Å². The molecule has 1 aromatic carbocycles. The minimum atomic E-state index is 0.0850. The van der Waals surface area contributed by atoms with Crippen LogP contribution in [0.2, 0.25) is 0 Å². The Morgan fingerprint density at radius 3 is 3.05 bits per heavy atom. The minimum absolute atomic E-state index is 0.0850. The number of aromatic nitrogens is 3. The Morgan fingerprint density at radius 1 is 1.30 bits per heavy atom. The predicted molar refractivity (Wildman–Crippen MR) is 79.7 cm³/mol. The molecule has 0 radical (unpaired) electrons. The van der Waals surface area contributed by atoms with Gasteiger partial charge in [-0.05, 0) is 37.3 Å². The van der Waals surface area contributed by atoms with E-state index in [0.29, 0.717) is 11.4 Å². The molecule has 5 heteroatoms. The number of pyridine rings is 1. The molecule has 1 N–H and O–H groups in total. The van der Waals surface area contributed by atoms with Crippen molar-refractivity contribution in [2.24, 2.45) is 0 Å². The number of aromatic amines is 1. The average Bonchev–Trinajstić information content (AvgIpc) is 2.99. The van der Waals surface area contributed by atoms with Crippen LogP contribution in [0, 0.1) is 11.7 Å². The average molecular weight is 283 g/mol. The van der Waals surface area contributed by atoms with Gasteiger partial charge in [0.1, 0.15) is 18.4 Å². The van der Waals surface area contributed by atoms with Crippen molar-refractivity contribution in [1.29, 1.82) is 0 Å². The Kier molecular flexibility index (Phi) is 2.44. The number of benzene rings is 1. The third-order valence-corrected chi connectivity index (χ3v) is 3.99. The molecule has 100 valence electrons. The van der Waals surface area contributed by atoms with E-state index in [1.165, 1.54) is 0 Å². The van der Waals surface area contributed by atoms with Gasteiger partial charge in [0.25, 0.3) is 0 Å². The Bertz CT molecular complexity index is 865. The van der Waals surface area contributed by atoms with Crippen molar-refractivity contribution in [2.75, 3.05) is 6.61 Å². The Labute approximate surface area is 121 Å². The zero-order valence-electron chi connectivity index (χ0n) is 11.0. The number of nitrogens with zero attached hydrogens (tertiary/aromatic N) is 2. The van der Waals surface area contributed by atoms with E-state index in [1.807, 2.05) is 37.3 Å². The first-order valence-electron chi connectivity index (χ1n) is 6.53. The molecule has 0 aliphatic carbocycles. The van der Waals surface area contributed by atoms with Crippen LogP contribution in [0.5, 0.6) is 5.75 Å². The molecule has 1 aliphatic heterocycles. The molecule has 2 aromatic heterocycles. The van der Waals surface area contributed by atoms with Crippen molar-refractivity contribution >= 4 is 23.4 Å². The monoisotopic (exact) mass is 283 g/mol. The van der Waals surface area contributed by atoms with Crippen molar-refractivity contribution in [2.45, 2.75) is 13.0 Å². The lowest BCUT2D eigenvalue weighted by atomic mass is 10.1. The Morgan fingerprint density at radius 2 is 2.15 bits per heavy atom. The summed E-state index contributed by atoms with van der Waals surface area (Å²) in [5.74, 6) is 0.932. The van der Waals surface area contributed by atoms with Gasteiger partial charge in [-0.1, -0.05) is 18.2 Å². The molecule has 0 bridgehead atoms. The van der Waals surface area contributed by atoms with Gasteiger partial charge in [-0.15, -0.1) is 0 Å². The van der Waals surface area contributed by atoms with E-state index in [1.54, 1.807) is 0 Å². The molecule has 1 unspecified atom stereocenters. The predicted octanol–water partition coefficient (Wildman–Crippen LogP) is 3.38. The molecule has 20 heavy (non-hydrogen) atoms. The fourth-order valence-corrected chi connectivity index (χ4v) is 3.07. The van der Waals surface area contributed by atoms with Crippen LogP contribution in [0.25, 0.3) is 11.2 Å². The van der Waals surface area contributed by atoms with Crippen molar-refractivity contribution in [1.82, 2.24) is 14.5 Å². The van der Waals surface area contributed by atoms with Crippen LogP contribution < -0.4 is 4.74 Å². The zero-order chi connectivity index (χ0) is 13.7. The van der Waals surface area contributed by atoms with Gasteiger partial charge in [0, 0.05) is 11.3 Å². The molecule has 0 spiro atoms. The van der Waals surface area contributed by atoms with Gasteiger partial charge in [-0.3, -0.25) is 4.57 Å². The highest BCUT2D eigenvalue weighted by Crippen LogP contribution is 2.36. The normalized spacial score (nSPS) is 17.1. The van der Waals surface area contributed by atoms with Crippen LogP contribution in [0.4, 0.5) is 0 Å². The van der Waals surface area contributed by atoms with Gasteiger partial charge < -0.3 is 9.72 Å². The quantitative estimate of drug-likeness (QED) is 0.696. The Balaban J connectivity index is 1.98. The Hall–Kier alpha value is -2.14. The highest BCUT2D eigenvalue weighted by atomic mass is 32.1. The molecule has 0 fully saturated rings. The summed E-state index contributed by atoms with van der Waals surface area (Å²) in [5.41, 5.74) is 3.99. The van der Waals surface area contributed by atoms with Crippen molar-refractivity contribution in [3.63, 3.8) is 0 Å². The number of rotatable bonds is 1. The van der Waals surface area contributed by atoms with Crippen molar-refractivity contribution in [3.8, 4) is 5.75 Å². The van der Waals surface area contributed by atoms with Gasteiger partial charge in [0.2, 0.25) is 0 Å². The maximum absolute atomic E-state index is 5.76. The smallest absolute Gasteiger partial charge is 0.179 e. The highest BCUT2D eigenvalue weighted by Gasteiger charge is 2.27. The standard InChI is InChI=1S/C15H13N3OS/c1-9-6-7-11-14(16-9)18(15(20)17-11)12-8-19-13-5-3-2-4-10(12)13/h2-7,12H,8H2,1H3,(H,17,20). The number of fused-ring (bicyclic) bond motifs is 2. The van der Waals surface area contributed by atoms with Gasteiger partial charge in [0.15, 0.2) is 10.4 Å². The largest absolute Gasteiger partial charge is 0.491 e. The third-order valence-electron chi connectivity index (χ3n) is 3.69. The lowest BCUT2D eigenvalue weighted by Crippen LogP contribution is -2.12. The molecule has 1 aliphatic rings. The second-order valence-corrected chi connectivity index (χ2v) is 5.38. The molecular formula is C15H13N3OS. The molecule has 4 nitrogen and oxygen atoms in total. The fraction of sp³-hybridized carbons (Fsp3) is 0.200. The number of hydrogen-bond acceptors (Lipinski definition) is 3. The van der Waals surface area contributed by atoms with Crippen LogP contribution in [-0.2, 0) is 0 Å². The van der Waals surface area contributed by atoms with Crippen LogP contribution >= 0.6 is 12.2 Å². The number of hydrogen-bond donors (Lipinski definition) is 1. The molecular weight excluding hydrogens is 270 g/mol. The van der Waals surface area contributed by atoms with Gasteiger partial charge in [-0.25, -0.2) is 4.98 Å². The summed E-state index contributed by atoms with van der Waals surface area (Å²) in [6, 6.07) is 12.2. The van der Waals surface area contributed by atoms with E-state index in [4.69, 9.17) is 17.0 Å². The first kappa shape index (κ1) is 11.7. The zero-order valence-corrected chi connectivity index (χ0v) is 11.8. The number of para-hydroxylation sites is 1. The van der Waals surface area contributed by atoms with E-state index < -0.39 is 0 Å². The summed E-state index contributed by atoms with van der Waals surface area (Å²) < 4.78 is 8.50. The number of H-pyrrole nitrogens is 1. The summed E-state index contributed by atoms with van der Waals surface area (Å²) in [5, 5.41) is 0. The lowest BCUT2D eigenvalue weighted by Gasteiger charge is -2.11. The molecule has 0 saturated carbocycles. The van der Waals surface area contributed by atoms with Crippen molar-refractivity contribution < 1.29 is 4.74 Å². The maximum Gasteiger partial charge on any atom is 0.179 e. The molecule has 0 amide bonds.